The summed E-state index contributed by atoms with van der Waals surface area (Å²) in [7, 11) is 0. The minimum Gasteiger partial charge on any atom is -0.408 e. The van der Waals surface area contributed by atoms with E-state index in [1.54, 1.807) is 30.5 Å². The van der Waals surface area contributed by atoms with Gasteiger partial charge in [-0.2, -0.15) is 0 Å². The predicted molar refractivity (Wildman–Crippen MR) is 128 cm³/mol. The molecule has 1 aromatic heterocycles. The molecule has 0 unspecified atom stereocenters. The largest absolute Gasteiger partial charge is 0.413 e. The first-order valence-electron chi connectivity index (χ1n) is 10.0. The minimum atomic E-state index is -0.570. The molecule has 1 fully saturated rings. The van der Waals surface area contributed by atoms with Crippen molar-refractivity contribution in [2.45, 2.75) is 26.3 Å². The number of carbonyl (C=O) groups is 2. The molecule has 1 saturated heterocycles. The van der Waals surface area contributed by atoms with Crippen LogP contribution in [-0.4, -0.2) is 27.7 Å². The van der Waals surface area contributed by atoms with E-state index in [-0.39, 0.29) is 5.91 Å². The zero-order valence-electron chi connectivity index (χ0n) is 17.9. The molecule has 0 aliphatic carbocycles. The van der Waals surface area contributed by atoms with Gasteiger partial charge in [-0.25, -0.2) is 9.79 Å². The Bertz CT molecular complexity index is 1260. The number of pyridine rings is 1. The van der Waals surface area contributed by atoms with Crippen LogP contribution < -0.4 is 15.4 Å². The van der Waals surface area contributed by atoms with E-state index >= 15 is 0 Å². The van der Waals surface area contributed by atoms with Crippen molar-refractivity contribution in [3.8, 4) is 5.75 Å². The van der Waals surface area contributed by atoms with Crippen LogP contribution in [0.3, 0.4) is 0 Å². The van der Waals surface area contributed by atoms with Gasteiger partial charge in [-0.05, 0) is 74.5 Å². The molecule has 2 heterocycles. The van der Waals surface area contributed by atoms with E-state index in [2.05, 4.69) is 20.6 Å². The number of para-hydroxylation sites is 2. The summed E-state index contributed by atoms with van der Waals surface area (Å²) < 4.78 is 5.42. The van der Waals surface area contributed by atoms with Crippen LogP contribution in [0.2, 0.25) is 0 Å². The average molecular weight is 447 g/mol. The smallest absolute Gasteiger partial charge is 0.408 e. The number of amidine groups is 1. The lowest BCUT2D eigenvalue weighted by Crippen LogP contribution is -2.42. The van der Waals surface area contributed by atoms with Crippen molar-refractivity contribution >= 4 is 51.6 Å². The lowest BCUT2D eigenvalue weighted by atomic mass is 10.1. The Labute approximate surface area is 190 Å². The molecule has 4 rings (SSSR count). The number of aliphatic imine (C=N–C) groups is 1. The fraction of sp³-hybridized carbons (Fsp3) is 0.167. The van der Waals surface area contributed by atoms with E-state index in [0.29, 0.717) is 21.5 Å². The van der Waals surface area contributed by atoms with Crippen molar-refractivity contribution in [1.29, 1.82) is 0 Å². The molecule has 3 aromatic rings. The monoisotopic (exact) mass is 446 g/mol. The van der Waals surface area contributed by atoms with E-state index in [0.717, 1.165) is 16.5 Å². The molecule has 0 atom stereocenters. The number of carbonyl (C=O) groups excluding carboxylic acids is 2. The maximum atomic E-state index is 12.5. The van der Waals surface area contributed by atoms with Gasteiger partial charge in [0.15, 0.2) is 10.9 Å². The van der Waals surface area contributed by atoms with Gasteiger partial charge in [0.25, 0.3) is 5.91 Å². The normalized spacial score (nSPS) is 16.4. The number of nitrogens with zero attached hydrogens (tertiary/aromatic N) is 2. The second-order valence-electron chi connectivity index (χ2n) is 8.17. The van der Waals surface area contributed by atoms with Gasteiger partial charge < -0.3 is 15.4 Å². The van der Waals surface area contributed by atoms with E-state index in [1.807, 2.05) is 57.2 Å². The van der Waals surface area contributed by atoms with Crippen molar-refractivity contribution in [2.24, 2.45) is 4.99 Å². The van der Waals surface area contributed by atoms with E-state index in [4.69, 9.17) is 4.74 Å². The van der Waals surface area contributed by atoms with Crippen LogP contribution in [-0.2, 0) is 4.79 Å². The molecule has 7 nitrogen and oxygen atoms in total. The minimum absolute atomic E-state index is 0.232. The molecule has 8 heteroatoms. The molecule has 2 amide bonds. The van der Waals surface area contributed by atoms with Crippen LogP contribution in [0.25, 0.3) is 17.0 Å². The summed E-state index contributed by atoms with van der Waals surface area (Å²) in [6.07, 6.45) is 2.99. The fourth-order valence-electron chi connectivity index (χ4n) is 2.99. The highest BCUT2D eigenvalue weighted by Gasteiger charge is 2.24. The zero-order chi connectivity index (χ0) is 22.7. The lowest BCUT2D eigenvalue weighted by molar-refractivity contribution is -0.115. The van der Waals surface area contributed by atoms with Crippen molar-refractivity contribution < 1.29 is 14.3 Å². The Morgan fingerprint density at radius 2 is 1.97 bits per heavy atom. The average Bonchev–Trinajstić information content (AvgIpc) is 3.06. The van der Waals surface area contributed by atoms with Gasteiger partial charge in [-0.15, -0.1) is 0 Å². The molecule has 162 valence electrons. The Balaban J connectivity index is 1.54. The zero-order valence-corrected chi connectivity index (χ0v) is 18.7. The van der Waals surface area contributed by atoms with Crippen LogP contribution in [0, 0.1) is 0 Å². The number of rotatable bonds is 3. The molecule has 0 radical (unpaired) electrons. The standard InChI is InChI=1S/C24H22N4O3S/c1-24(2,3)28-23(30)31-19-9-5-4-8-18(19)26-22-27-21(29)20(32-22)14-15-10-11-17-16(13-15)7-6-12-25-17/h4-14H,1-3H3,(H,28,30)(H,26,27,29). The highest BCUT2D eigenvalue weighted by molar-refractivity contribution is 8.18. The molecular weight excluding hydrogens is 424 g/mol. The van der Waals surface area contributed by atoms with E-state index < -0.39 is 11.6 Å². The third kappa shape index (κ3) is 5.33. The molecule has 1 aliphatic heterocycles. The first-order valence-corrected chi connectivity index (χ1v) is 10.8. The van der Waals surface area contributed by atoms with Gasteiger partial charge in [-0.1, -0.05) is 24.3 Å². The molecule has 32 heavy (non-hydrogen) atoms. The number of nitrogens with one attached hydrogen (secondary N) is 2. The molecule has 0 saturated carbocycles. The maximum absolute atomic E-state index is 12.5. The van der Waals surface area contributed by atoms with Crippen molar-refractivity contribution in [3.63, 3.8) is 0 Å². The Kier molecular flexibility index (Phi) is 5.96. The SMILES string of the molecule is CC(C)(C)NC(=O)Oc1ccccc1N=C1NC(=O)C(=Cc2ccc3ncccc3c2)S1. The number of fused-ring (bicyclic) bond motifs is 1. The first-order chi connectivity index (χ1) is 15.3. The van der Waals surface area contributed by atoms with E-state index in [1.165, 1.54) is 11.8 Å². The Morgan fingerprint density at radius 3 is 2.78 bits per heavy atom. The van der Waals surface area contributed by atoms with Gasteiger partial charge in [0.05, 0.1) is 10.4 Å². The number of benzene rings is 2. The summed E-state index contributed by atoms with van der Waals surface area (Å²) in [5.74, 6) is 0.0694. The third-order valence-corrected chi connectivity index (χ3v) is 5.25. The number of hydrogen-bond acceptors (Lipinski definition) is 6. The van der Waals surface area contributed by atoms with Gasteiger partial charge in [0.2, 0.25) is 0 Å². The van der Waals surface area contributed by atoms with Crippen molar-refractivity contribution in [2.75, 3.05) is 0 Å². The Morgan fingerprint density at radius 1 is 1.16 bits per heavy atom. The van der Waals surface area contributed by atoms with Crippen molar-refractivity contribution in [1.82, 2.24) is 15.6 Å². The highest BCUT2D eigenvalue weighted by Crippen LogP contribution is 2.32. The number of hydrogen-bond donors (Lipinski definition) is 2. The van der Waals surface area contributed by atoms with Gasteiger partial charge in [0, 0.05) is 17.1 Å². The number of ether oxygens (including phenoxy) is 1. The number of thioether (sulfide) groups is 1. The molecule has 0 spiro atoms. The predicted octanol–water partition coefficient (Wildman–Crippen LogP) is 5.01. The molecule has 0 bridgehead atoms. The van der Waals surface area contributed by atoms with Crippen LogP contribution in [0.5, 0.6) is 5.75 Å². The van der Waals surface area contributed by atoms with Crippen molar-refractivity contribution in [3.05, 3.63) is 71.3 Å². The van der Waals surface area contributed by atoms with Gasteiger partial charge in [-0.3, -0.25) is 9.78 Å². The summed E-state index contributed by atoms with van der Waals surface area (Å²) in [4.78, 5) is 33.9. The summed E-state index contributed by atoms with van der Waals surface area (Å²) in [5.41, 5.74) is 1.81. The summed E-state index contributed by atoms with van der Waals surface area (Å²) >= 11 is 1.23. The maximum Gasteiger partial charge on any atom is 0.413 e. The highest BCUT2D eigenvalue weighted by atomic mass is 32.2. The van der Waals surface area contributed by atoms with Gasteiger partial charge >= 0.3 is 6.09 Å². The molecule has 1 aliphatic rings. The molecule has 2 aromatic carbocycles. The van der Waals surface area contributed by atoms with Crippen LogP contribution in [0.4, 0.5) is 10.5 Å². The van der Waals surface area contributed by atoms with Crippen LogP contribution in [0.1, 0.15) is 26.3 Å². The van der Waals surface area contributed by atoms with Gasteiger partial charge in [0.1, 0.15) is 5.69 Å². The lowest BCUT2D eigenvalue weighted by Gasteiger charge is -2.20. The first kappa shape index (κ1) is 21.6. The quantitative estimate of drug-likeness (QED) is 0.552. The summed E-state index contributed by atoms with van der Waals surface area (Å²) in [5, 5.41) is 6.92. The topological polar surface area (TPSA) is 92.7 Å². The van der Waals surface area contributed by atoms with Crippen LogP contribution in [0.15, 0.2) is 70.7 Å². The summed E-state index contributed by atoms with van der Waals surface area (Å²) in [6.45, 7) is 5.60. The molecular formula is C24H22N4O3S. The number of amides is 2. The fourth-order valence-corrected chi connectivity index (χ4v) is 3.83. The van der Waals surface area contributed by atoms with Crippen LogP contribution >= 0.6 is 11.8 Å². The third-order valence-electron chi connectivity index (χ3n) is 4.34. The molecule has 2 N–H and O–H groups in total. The van der Waals surface area contributed by atoms with E-state index in [9.17, 15) is 9.59 Å². The summed E-state index contributed by atoms with van der Waals surface area (Å²) in [6, 6.07) is 16.6. The second kappa shape index (κ2) is 8.84. The Hall–Kier alpha value is -3.65. The number of aromatic nitrogens is 1. The second-order valence-corrected chi connectivity index (χ2v) is 9.20.